The number of nitrogens with two attached hydrogens (primary N) is 1. The Balaban J connectivity index is 1.55. The van der Waals surface area contributed by atoms with Crippen LogP contribution in [-0.2, 0) is 6.42 Å². The van der Waals surface area contributed by atoms with Gasteiger partial charge in [0.1, 0.15) is 5.75 Å². The largest absolute Gasteiger partial charge is 0.495 e. The van der Waals surface area contributed by atoms with Crippen LogP contribution < -0.4 is 15.4 Å². The number of hydrogen-bond donors (Lipinski definition) is 1. The summed E-state index contributed by atoms with van der Waals surface area (Å²) in [4.78, 5) is 5.04. The molecule has 2 aromatic carbocycles. The molecule has 128 valence electrons. The lowest BCUT2D eigenvalue weighted by Gasteiger charge is -2.39. The fraction of sp³-hybridized carbons (Fsp3) is 0.400. The Labute approximate surface area is 144 Å². The molecule has 1 saturated heterocycles. The van der Waals surface area contributed by atoms with E-state index in [1.54, 1.807) is 7.11 Å². The van der Waals surface area contributed by atoms with Gasteiger partial charge >= 0.3 is 0 Å². The summed E-state index contributed by atoms with van der Waals surface area (Å²) in [7, 11) is 1.65. The van der Waals surface area contributed by atoms with Gasteiger partial charge in [-0.2, -0.15) is 0 Å². The lowest BCUT2D eigenvalue weighted by molar-refractivity contribution is 0.196. The first-order chi connectivity index (χ1) is 11.7. The highest BCUT2D eigenvalue weighted by Gasteiger charge is 2.21. The van der Waals surface area contributed by atoms with Crippen LogP contribution in [0.15, 0.2) is 48.5 Å². The van der Waals surface area contributed by atoms with E-state index >= 15 is 0 Å². The standard InChI is InChI=1S/C20H27N3O/c1-16(14-17-8-9-20(24-2)19(21)15-17)22-10-12-23(13-11-22)18-6-4-3-5-7-18/h3-9,15-16H,10-14,21H2,1-2H3. The fourth-order valence-electron chi connectivity index (χ4n) is 3.44. The number of hydrogen-bond acceptors (Lipinski definition) is 4. The van der Waals surface area contributed by atoms with E-state index in [-0.39, 0.29) is 0 Å². The molecule has 0 aliphatic carbocycles. The van der Waals surface area contributed by atoms with E-state index in [1.165, 1.54) is 11.3 Å². The third kappa shape index (κ3) is 3.82. The number of methoxy groups -OCH3 is 1. The molecule has 0 spiro atoms. The number of rotatable bonds is 5. The maximum atomic E-state index is 6.02. The highest BCUT2D eigenvalue weighted by atomic mass is 16.5. The molecule has 4 nitrogen and oxygen atoms in total. The summed E-state index contributed by atoms with van der Waals surface area (Å²) in [5.41, 5.74) is 9.34. The Kier molecular flexibility index (Phi) is 5.26. The molecule has 1 aliphatic rings. The number of benzene rings is 2. The Morgan fingerprint density at radius 3 is 2.38 bits per heavy atom. The lowest BCUT2D eigenvalue weighted by atomic mass is 10.0. The minimum atomic E-state index is 0.510. The highest BCUT2D eigenvalue weighted by Crippen LogP contribution is 2.24. The number of nitrogens with zero attached hydrogens (tertiary/aromatic N) is 2. The van der Waals surface area contributed by atoms with Crippen LogP contribution >= 0.6 is 0 Å². The predicted molar refractivity (Wildman–Crippen MR) is 101 cm³/mol. The molecule has 0 bridgehead atoms. The molecule has 0 aromatic heterocycles. The van der Waals surface area contributed by atoms with Crippen LogP contribution in [0.3, 0.4) is 0 Å². The van der Waals surface area contributed by atoms with Crippen LogP contribution in [0.2, 0.25) is 0 Å². The van der Waals surface area contributed by atoms with Crippen LogP contribution in [0.4, 0.5) is 11.4 Å². The zero-order valence-corrected chi connectivity index (χ0v) is 14.6. The molecule has 2 N–H and O–H groups in total. The summed E-state index contributed by atoms with van der Waals surface area (Å²) in [5.74, 6) is 0.753. The van der Waals surface area contributed by atoms with Gasteiger partial charge in [0.05, 0.1) is 12.8 Å². The molecular formula is C20H27N3O. The smallest absolute Gasteiger partial charge is 0.141 e. The Morgan fingerprint density at radius 1 is 1.04 bits per heavy atom. The molecule has 1 atom stereocenters. The first-order valence-electron chi connectivity index (χ1n) is 8.64. The number of ether oxygens (including phenoxy) is 1. The maximum Gasteiger partial charge on any atom is 0.141 e. The van der Waals surface area contributed by atoms with Crippen LogP contribution in [0.25, 0.3) is 0 Å². The quantitative estimate of drug-likeness (QED) is 0.858. The van der Waals surface area contributed by atoms with Crippen molar-refractivity contribution < 1.29 is 4.74 Å². The van der Waals surface area contributed by atoms with E-state index in [4.69, 9.17) is 10.5 Å². The SMILES string of the molecule is COc1ccc(CC(C)N2CCN(c3ccccc3)CC2)cc1N. The van der Waals surface area contributed by atoms with Crippen molar-refractivity contribution in [1.29, 1.82) is 0 Å². The summed E-state index contributed by atoms with van der Waals surface area (Å²) in [6, 6.07) is 17.3. The molecule has 1 heterocycles. The molecule has 0 radical (unpaired) electrons. The van der Waals surface area contributed by atoms with Gasteiger partial charge in [-0.1, -0.05) is 24.3 Å². The Morgan fingerprint density at radius 2 is 1.75 bits per heavy atom. The molecule has 4 heteroatoms. The van der Waals surface area contributed by atoms with Gasteiger partial charge in [0.25, 0.3) is 0 Å². The fourth-order valence-corrected chi connectivity index (χ4v) is 3.44. The van der Waals surface area contributed by atoms with Crippen LogP contribution in [0, 0.1) is 0 Å². The van der Waals surface area contributed by atoms with Crippen LogP contribution in [0.5, 0.6) is 5.75 Å². The molecule has 0 amide bonds. The molecular weight excluding hydrogens is 298 g/mol. The van der Waals surface area contributed by atoms with Crippen molar-refractivity contribution in [2.75, 3.05) is 43.9 Å². The third-order valence-electron chi connectivity index (χ3n) is 4.88. The van der Waals surface area contributed by atoms with E-state index in [0.29, 0.717) is 6.04 Å². The zero-order valence-electron chi connectivity index (χ0n) is 14.6. The second-order valence-corrected chi connectivity index (χ2v) is 6.49. The van der Waals surface area contributed by atoms with Crippen molar-refractivity contribution in [3.63, 3.8) is 0 Å². The normalized spacial score (nSPS) is 16.8. The molecule has 1 unspecified atom stereocenters. The number of anilines is 2. The van der Waals surface area contributed by atoms with Crippen molar-refractivity contribution in [2.45, 2.75) is 19.4 Å². The topological polar surface area (TPSA) is 41.7 Å². The van der Waals surface area contributed by atoms with Crippen molar-refractivity contribution in [3.05, 3.63) is 54.1 Å². The minimum Gasteiger partial charge on any atom is -0.495 e. The van der Waals surface area contributed by atoms with Crippen LogP contribution in [-0.4, -0.2) is 44.2 Å². The van der Waals surface area contributed by atoms with Crippen molar-refractivity contribution in [3.8, 4) is 5.75 Å². The van der Waals surface area contributed by atoms with Gasteiger partial charge in [-0.15, -0.1) is 0 Å². The van der Waals surface area contributed by atoms with E-state index in [1.807, 2.05) is 12.1 Å². The second-order valence-electron chi connectivity index (χ2n) is 6.49. The van der Waals surface area contributed by atoms with Crippen molar-refractivity contribution in [1.82, 2.24) is 4.90 Å². The number of nitrogen functional groups attached to an aromatic ring is 1. The molecule has 3 rings (SSSR count). The first kappa shape index (κ1) is 16.7. The Hall–Kier alpha value is -2.20. The monoisotopic (exact) mass is 325 g/mol. The number of piperazine rings is 1. The average molecular weight is 325 g/mol. The third-order valence-corrected chi connectivity index (χ3v) is 4.88. The van der Waals surface area contributed by atoms with E-state index in [9.17, 15) is 0 Å². The first-order valence-corrected chi connectivity index (χ1v) is 8.64. The molecule has 24 heavy (non-hydrogen) atoms. The summed E-state index contributed by atoms with van der Waals surface area (Å²) in [5, 5.41) is 0. The maximum absolute atomic E-state index is 6.02. The van der Waals surface area contributed by atoms with Gasteiger partial charge in [-0.25, -0.2) is 0 Å². The van der Waals surface area contributed by atoms with Gasteiger partial charge in [-0.3, -0.25) is 4.90 Å². The van der Waals surface area contributed by atoms with Crippen molar-refractivity contribution in [2.24, 2.45) is 0 Å². The van der Waals surface area contributed by atoms with Crippen molar-refractivity contribution >= 4 is 11.4 Å². The van der Waals surface area contributed by atoms with Gasteiger partial charge in [0.15, 0.2) is 0 Å². The minimum absolute atomic E-state index is 0.510. The van der Waals surface area contributed by atoms with E-state index in [0.717, 1.165) is 44.0 Å². The van der Waals surface area contributed by atoms with E-state index in [2.05, 4.69) is 53.1 Å². The summed E-state index contributed by atoms with van der Waals surface area (Å²) >= 11 is 0. The Bertz CT molecular complexity index is 651. The summed E-state index contributed by atoms with van der Waals surface area (Å²) in [6.45, 7) is 6.67. The summed E-state index contributed by atoms with van der Waals surface area (Å²) < 4.78 is 5.23. The molecule has 2 aromatic rings. The zero-order chi connectivity index (χ0) is 16.9. The second kappa shape index (κ2) is 7.58. The van der Waals surface area contributed by atoms with Gasteiger partial charge in [0, 0.05) is 37.9 Å². The lowest BCUT2D eigenvalue weighted by Crippen LogP contribution is -2.50. The summed E-state index contributed by atoms with van der Waals surface area (Å²) in [6.07, 6.45) is 1.01. The van der Waals surface area contributed by atoms with Gasteiger partial charge in [0.2, 0.25) is 0 Å². The molecule has 1 aliphatic heterocycles. The van der Waals surface area contributed by atoms with Gasteiger partial charge < -0.3 is 15.4 Å². The van der Waals surface area contributed by atoms with Gasteiger partial charge in [-0.05, 0) is 43.2 Å². The van der Waals surface area contributed by atoms with Crippen LogP contribution in [0.1, 0.15) is 12.5 Å². The number of para-hydroxylation sites is 1. The molecule has 1 fully saturated rings. The molecule has 0 saturated carbocycles. The highest BCUT2D eigenvalue weighted by molar-refractivity contribution is 5.54. The predicted octanol–water partition coefficient (Wildman–Crippen LogP) is 3.03. The average Bonchev–Trinajstić information content (AvgIpc) is 2.63. The van der Waals surface area contributed by atoms with E-state index < -0.39 is 0 Å².